The van der Waals surface area contributed by atoms with E-state index in [0.29, 0.717) is 5.57 Å². The molecule has 0 aromatic carbocycles. The van der Waals surface area contributed by atoms with Gasteiger partial charge in [-0.3, -0.25) is 4.79 Å². The van der Waals surface area contributed by atoms with Crippen LogP contribution in [0.3, 0.4) is 0 Å². The normalized spacial score (nSPS) is 48.3. The third kappa shape index (κ3) is 2.04. The van der Waals surface area contributed by atoms with Gasteiger partial charge in [0.25, 0.3) is 0 Å². The molecule has 0 heterocycles. The first-order valence-corrected chi connectivity index (χ1v) is 6.86. The standard InChI is InChI=1S/C15H24O3/c1-10(9-16)11-5-8-14(2)6-4-7-15(3,18)13(14)12(11)17/h9,11-13,17-18H,1,4-8H2,2-3H3/t11-,12-,13+,14+,15+/m0/s1. The molecule has 0 spiro atoms. The monoisotopic (exact) mass is 252 g/mol. The first-order chi connectivity index (χ1) is 8.32. The maximum Gasteiger partial charge on any atom is 0.145 e. The molecular weight excluding hydrogens is 228 g/mol. The van der Waals surface area contributed by atoms with E-state index >= 15 is 0 Å². The van der Waals surface area contributed by atoms with Gasteiger partial charge >= 0.3 is 0 Å². The average Bonchev–Trinajstić information content (AvgIpc) is 2.26. The Morgan fingerprint density at radius 1 is 1.33 bits per heavy atom. The van der Waals surface area contributed by atoms with E-state index in [1.54, 1.807) is 0 Å². The fourth-order valence-corrected chi connectivity index (χ4v) is 4.35. The van der Waals surface area contributed by atoms with Gasteiger partial charge in [-0.2, -0.15) is 0 Å². The molecule has 0 aromatic rings. The van der Waals surface area contributed by atoms with Crippen LogP contribution in [0.1, 0.15) is 46.0 Å². The minimum Gasteiger partial charge on any atom is -0.392 e. The summed E-state index contributed by atoms with van der Waals surface area (Å²) in [6.45, 7) is 7.73. The molecule has 0 radical (unpaired) electrons. The highest BCUT2D eigenvalue weighted by molar-refractivity contribution is 5.73. The minimum atomic E-state index is -0.839. The van der Waals surface area contributed by atoms with E-state index in [1.807, 2.05) is 6.92 Å². The number of aliphatic hydroxyl groups excluding tert-OH is 1. The molecule has 0 bridgehead atoms. The van der Waals surface area contributed by atoms with E-state index in [2.05, 4.69) is 13.5 Å². The highest BCUT2D eigenvalue weighted by atomic mass is 16.3. The third-order valence-corrected chi connectivity index (χ3v) is 5.26. The molecule has 2 saturated carbocycles. The van der Waals surface area contributed by atoms with Crippen molar-refractivity contribution in [2.45, 2.75) is 57.7 Å². The second-order valence-corrected chi connectivity index (χ2v) is 6.67. The highest BCUT2D eigenvalue weighted by Crippen LogP contribution is 2.56. The zero-order valence-corrected chi connectivity index (χ0v) is 11.4. The van der Waals surface area contributed by atoms with Gasteiger partial charge in [-0.05, 0) is 43.6 Å². The summed E-state index contributed by atoms with van der Waals surface area (Å²) in [5, 5.41) is 21.2. The molecule has 2 rings (SSSR count). The fraction of sp³-hybridized carbons (Fsp3) is 0.800. The topological polar surface area (TPSA) is 57.5 Å². The summed E-state index contributed by atoms with van der Waals surface area (Å²) < 4.78 is 0. The summed E-state index contributed by atoms with van der Waals surface area (Å²) in [6, 6.07) is 0. The fourth-order valence-electron chi connectivity index (χ4n) is 4.35. The Morgan fingerprint density at radius 3 is 2.61 bits per heavy atom. The Labute approximate surface area is 109 Å². The number of carbonyl (C=O) groups excluding carboxylic acids is 1. The average molecular weight is 252 g/mol. The SMILES string of the molecule is C=C(C=O)[C@@H]1CC[C@@]2(C)CCC[C@@](C)(O)[C@@H]2[C@H]1O. The molecule has 102 valence electrons. The smallest absolute Gasteiger partial charge is 0.145 e. The quantitative estimate of drug-likeness (QED) is 0.584. The molecule has 0 aliphatic heterocycles. The molecule has 0 saturated heterocycles. The second-order valence-electron chi connectivity index (χ2n) is 6.67. The van der Waals surface area contributed by atoms with Crippen molar-refractivity contribution in [3.8, 4) is 0 Å². The number of fused-ring (bicyclic) bond motifs is 1. The Hall–Kier alpha value is -0.670. The van der Waals surface area contributed by atoms with Gasteiger partial charge in [-0.15, -0.1) is 0 Å². The Kier molecular flexibility index (Phi) is 3.41. The van der Waals surface area contributed by atoms with Crippen LogP contribution in [0.15, 0.2) is 12.2 Å². The zero-order chi connectivity index (χ0) is 13.6. The molecule has 3 heteroatoms. The van der Waals surface area contributed by atoms with Crippen molar-refractivity contribution >= 4 is 6.29 Å². The van der Waals surface area contributed by atoms with Crippen molar-refractivity contribution in [2.24, 2.45) is 17.3 Å². The Bertz CT molecular complexity index is 361. The molecule has 0 unspecified atom stereocenters. The molecule has 2 aliphatic rings. The van der Waals surface area contributed by atoms with Crippen LogP contribution in [-0.2, 0) is 4.79 Å². The van der Waals surface area contributed by atoms with Crippen LogP contribution in [0.5, 0.6) is 0 Å². The van der Waals surface area contributed by atoms with Crippen molar-refractivity contribution < 1.29 is 15.0 Å². The lowest BCUT2D eigenvalue weighted by Crippen LogP contribution is -2.58. The molecular formula is C15H24O3. The summed E-state index contributed by atoms with van der Waals surface area (Å²) in [6.07, 6.45) is 4.61. The molecule has 18 heavy (non-hydrogen) atoms. The lowest BCUT2D eigenvalue weighted by molar-refractivity contribution is -0.174. The van der Waals surface area contributed by atoms with Crippen LogP contribution in [0.25, 0.3) is 0 Å². The largest absolute Gasteiger partial charge is 0.392 e. The van der Waals surface area contributed by atoms with E-state index in [0.717, 1.165) is 38.4 Å². The highest BCUT2D eigenvalue weighted by Gasteiger charge is 2.55. The van der Waals surface area contributed by atoms with Crippen LogP contribution in [-0.4, -0.2) is 28.2 Å². The van der Waals surface area contributed by atoms with Crippen LogP contribution in [0.4, 0.5) is 0 Å². The van der Waals surface area contributed by atoms with Crippen molar-refractivity contribution in [3.63, 3.8) is 0 Å². The molecule has 2 aliphatic carbocycles. The van der Waals surface area contributed by atoms with E-state index in [9.17, 15) is 15.0 Å². The van der Waals surface area contributed by atoms with E-state index < -0.39 is 11.7 Å². The lowest BCUT2D eigenvalue weighted by atomic mass is 9.52. The van der Waals surface area contributed by atoms with Crippen LogP contribution in [0, 0.1) is 17.3 Å². The summed E-state index contributed by atoms with van der Waals surface area (Å²) in [4.78, 5) is 10.9. The summed E-state index contributed by atoms with van der Waals surface area (Å²) >= 11 is 0. The molecule has 3 nitrogen and oxygen atoms in total. The zero-order valence-electron chi connectivity index (χ0n) is 11.4. The van der Waals surface area contributed by atoms with Gasteiger partial charge in [0.15, 0.2) is 0 Å². The van der Waals surface area contributed by atoms with E-state index in [4.69, 9.17) is 0 Å². The molecule has 5 atom stereocenters. The number of carbonyl (C=O) groups is 1. The maximum absolute atomic E-state index is 10.9. The molecule has 2 N–H and O–H groups in total. The third-order valence-electron chi connectivity index (χ3n) is 5.26. The predicted octanol–water partition coefficient (Wildman–Crippen LogP) is 2.07. The van der Waals surface area contributed by atoms with Crippen molar-refractivity contribution in [2.75, 3.05) is 0 Å². The number of aliphatic hydroxyl groups is 2. The van der Waals surface area contributed by atoms with Gasteiger partial charge in [-0.1, -0.05) is 19.9 Å². The number of hydrogen-bond acceptors (Lipinski definition) is 3. The van der Waals surface area contributed by atoms with E-state index in [-0.39, 0.29) is 17.3 Å². The summed E-state index contributed by atoms with van der Waals surface area (Å²) in [7, 11) is 0. The maximum atomic E-state index is 10.9. The minimum absolute atomic E-state index is 0.0131. The Morgan fingerprint density at radius 2 is 2.00 bits per heavy atom. The molecule has 0 amide bonds. The van der Waals surface area contributed by atoms with Gasteiger partial charge < -0.3 is 10.2 Å². The number of rotatable bonds is 2. The van der Waals surface area contributed by atoms with Crippen molar-refractivity contribution in [1.29, 1.82) is 0 Å². The molecule has 0 aromatic heterocycles. The summed E-state index contributed by atoms with van der Waals surface area (Å²) in [5.74, 6) is -0.348. The first kappa shape index (κ1) is 13.8. The van der Waals surface area contributed by atoms with Crippen LogP contribution >= 0.6 is 0 Å². The first-order valence-electron chi connectivity index (χ1n) is 6.86. The van der Waals surface area contributed by atoms with Crippen molar-refractivity contribution in [3.05, 3.63) is 12.2 Å². The van der Waals surface area contributed by atoms with E-state index in [1.165, 1.54) is 0 Å². The van der Waals surface area contributed by atoms with Gasteiger partial charge in [0.05, 0.1) is 11.7 Å². The number of aldehydes is 1. The predicted molar refractivity (Wildman–Crippen MR) is 70.0 cm³/mol. The van der Waals surface area contributed by atoms with Gasteiger partial charge in [0, 0.05) is 11.8 Å². The number of hydrogen-bond donors (Lipinski definition) is 2. The summed E-state index contributed by atoms with van der Waals surface area (Å²) in [5.41, 5.74) is -0.388. The van der Waals surface area contributed by atoms with Crippen molar-refractivity contribution in [1.82, 2.24) is 0 Å². The van der Waals surface area contributed by atoms with Crippen LogP contribution < -0.4 is 0 Å². The van der Waals surface area contributed by atoms with Gasteiger partial charge in [0.2, 0.25) is 0 Å². The second kappa shape index (κ2) is 4.46. The lowest BCUT2D eigenvalue weighted by Gasteiger charge is -2.56. The van der Waals surface area contributed by atoms with Gasteiger partial charge in [-0.25, -0.2) is 0 Å². The molecule has 2 fully saturated rings. The Balaban J connectivity index is 2.31. The van der Waals surface area contributed by atoms with Crippen LogP contribution in [0.2, 0.25) is 0 Å². The van der Waals surface area contributed by atoms with Gasteiger partial charge in [0.1, 0.15) is 6.29 Å².